The Kier molecular flexibility index (Phi) is 1.25. The van der Waals surface area contributed by atoms with E-state index in [9.17, 15) is 4.79 Å². The van der Waals surface area contributed by atoms with Crippen LogP contribution in [0.1, 0.15) is 6.92 Å². The lowest BCUT2D eigenvalue weighted by molar-refractivity contribution is -0.134. The SMILES string of the molecule is CN1CC2CONC2(C)C1=O. The number of amides is 1. The van der Waals surface area contributed by atoms with E-state index in [2.05, 4.69) is 5.48 Å². The van der Waals surface area contributed by atoms with E-state index in [1.165, 1.54) is 0 Å². The highest BCUT2D eigenvalue weighted by molar-refractivity contribution is 5.88. The Labute approximate surface area is 65.5 Å². The van der Waals surface area contributed by atoms with E-state index in [-0.39, 0.29) is 5.91 Å². The van der Waals surface area contributed by atoms with Crippen molar-refractivity contribution in [2.45, 2.75) is 12.5 Å². The molecule has 0 aromatic rings. The molecule has 2 saturated heterocycles. The second-order valence-electron chi connectivity index (χ2n) is 3.50. The molecule has 1 amide bonds. The van der Waals surface area contributed by atoms with E-state index < -0.39 is 5.54 Å². The number of carbonyl (C=O) groups is 1. The predicted molar refractivity (Wildman–Crippen MR) is 38.6 cm³/mol. The molecule has 11 heavy (non-hydrogen) atoms. The van der Waals surface area contributed by atoms with Gasteiger partial charge in [0.2, 0.25) is 5.91 Å². The van der Waals surface area contributed by atoms with Crippen LogP contribution in [0.15, 0.2) is 0 Å². The Balaban J connectivity index is 2.30. The Hall–Kier alpha value is -0.610. The molecule has 2 aliphatic rings. The smallest absolute Gasteiger partial charge is 0.245 e. The average molecular weight is 156 g/mol. The normalized spacial score (nSPS) is 43.3. The van der Waals surface area contributed by atoms with Gasteiger partial charge in [-0.3, -0.25) is 4.79 Å². The van der Waals surface area contributed by atoms with Gasteiger partial charge in [0.25, 0.3) is 0 Å². The highest BCUT2D eigenvalue weighted by Gasteiger charge is 2.53. The van der Waals surface area contributed by atoms with E-state index in [1.54, 1.807) is 4.90 Å². The number of carbonyl (C=O) groups excluding carboxylic acids is 1. The average Bonchev–Trinajstić information content (AvgIpc) is 2.39. The molecule has 0 spiro atoms. The third kappa shape index (κ3) is 0.736. The summed E-state index contributed by atoms with van der Waals surface area (Å²) in [6.45, 7) is 3.35. The number of nitrogens with one attached hydrogen (secondary N) is 1. The Morgan fingerprint density at radius 3 is 3.18 bits per heavy atom. The Morgan fingerprint density at radius 1 is 1.82 bits per heavy atom. The molecule has 1 N–H and O–H groups in total. The van der Waals surface area contributed by atoms with Crippen LogP contribution >= 0.6 is 0 Å². The molecule has 2 rings (SSSR count). The van der Waals surface area contributed by atoms with Crippen molar-refractivity contribution in [1.29, 1.82) is 0 Å². The first kappa shape index (κ1) is 7.06. The largest absolute Gasteiger partial charge is 0.344 e. The number of fused-ring (bicyclic) bond motifs is 1. The van der Waals surface area contributed by atoms with Crippen LogP contribution < -0.4 is 5.48 Å². The second kappa shape index (κ2) is 1.95. The second-order valence-corrected chi connectivity index (χ2v) is 3.50. The summed E-state index contributed by atoms with van der Waals surface area (Å²) in [4.78, 5) is 18.3. The van der Waals surface area contributed by atoms with Gasteiger partial charge < -0.3 is 9.74 Å². The number of hydroxylamine groups is 1. The predicted octanol–water partition coefficient (Wildman–Crippen LogP) is -0.632. The maximum Gasteiger partial charge on any atom is 0.245 e. The zero-order chi connectivity index (χ0) is 8.06. The van der Waals surface area contributed by atoms with Gasteiger partial charge in [-0.25, -0.2) is 0 Å². The summed E-state index contributed by atoms with van der Waals surface area (Å²) in [5, 5.41) is 0. The molecule has 2 heterocycles. The van der Waals surface area contributed by atoms with Crippen LogP contribution in [0.25, 0.3) is 0 Å². The van der Waals surface area contributed by atoms with Crippen molar-refractivity contribution in [1.82, 2.24) is 10.4 Å². The summed E-state index contributed by atoms with van der Waals surface area (Å²) in [6, 6.07) is 0. The number of hydrogen-bond acceptors (Lipinski definition) is 3. The van der Waals surface area contributed by atoms with Crippen LogP contribution in [0, 0.1) is 5.92 Å². The van der Waals surface area contributed by atoms with Crippen LogP contribution in [0.3, 0.4) is 0 Å². The van der Waals surface area contributed by atoms with Crippen LogP contribution in [-0.4, -0.2) is 36.5 Å². The minimum absolute atomic E-state index is 0.139. The topological polar surface area (TPSA) is 41.6 Å². The summed E-state index contributed by atoms with van der Waals surface area (Å²) < 4.78 is 0. The molecular weight excluding hydrogens is 144 g/mol. The first-order valence-corrected chi connectivity index (χ1v) is 3.79. The van der Waals surface area contributed by atoms with Gasteiger partial charge in [-0.15, -0.1) is 0 Å². The standard InChI is InChI=1S/C7H12N2O2/c1-7-5(4-11-8-7)3-9(2)6(7)10/h5,8H,3-4H2,1-2H3. The fourth-order valence-corrected chi connectivity index (χ4v) is 1.81. The van der Waals surface area contributed by atoms with Crippen molar-refractivity contribution in [2.75, 3.05) is 20.2 Å². The van der Waals surface area contributed by atoms with E-state index >= 15 is 0 Å². The van der Waals surface area contributed by atoms with Crippen LogP contribution in [-0.2, 0) is 9.63 Å². The third-order valence-electron chi connectivity index (χ3n) is 2.67. The molecule has 2 fully saturated rings. The van der Waals surface area contributed by atoms with E-state index in [1.807, 2.05) is 14.0 Å². The van der Waals surface area contributed by atoms with Gasteiger partial charge in [0.1, 0.15) is 5.54 Å². The Morgan fingerprint density at radius 2 is 2.55 bits per heavy atom. The van der Waals surface area contributed by atoms with Crippen molar-refractivity contribution in [2.24, 2.45) is 5.92 Å². The van der Waals surface area contributed by atoms with Crippen molar-refractivity contribution in [3.8, 4) is 0 Å². The maximum atomic E-state index is 11.5. The number of likely N-dealkylation sites (N-methyl/N-ethyl adjacent to an activating group) is 1. The molecule has 0 aromatic carbocycles. The number of rotatable bonds is 0. The van der Waals surface area contributed by atoms with Crippen molar-refractivity contribution >= 4 is 5.91 Å². The zero-order valence-electron chi connectivity index (χ0n) is 6.76. The van der Waals surface area contributed by atoms with Crippen LogP contribution in [0.2, 0.25) is 0 Å². The van der Waals surface area contributed by atoms with Gasteiger partial charge in [-0.1, -0.05) is 0 Å². The zero-order valence-corrected chi connectivity index (χ0v) is 6.76. The fraction of sp³-hybridized carbons (Fsp3) is 0.857. The summed E-state index contributed by atoms with van der Waals surface area (Å²) in [6.07, 6.45) is 0. The molecule has 2 atom stereocenters. The van der Waals surface area contributed by atoms with Gasteiger partial charge in [0.15, 0.2) is 0 Å². The van der Waals surface area contributed by atoms with Gasteiger partial charge in [0.05, 0.1) is 6.61 Å². The molecule has 62 valence electrons. The molecule has 2 unspecified atom stereocenters. The molecule has 0 aliphatic carbocycles. The molecule has 2 aliphatic heterocycles. The molecule has 4 nitrogen and oxygen atoms in total. The van der Waals surface area contributed by atoms with Gasteiger partial charge in [-0.05, 0) is 6.92 Å². The lowest BCUT2D eigenvalue weighted by atomic mass is 9.91. The summed E-state index contributed by atoms with van der Waals surface area (Å²) >= 11 is 0. The summed E-state index contributed by atoms with van der Waals surface area (Å²) in [7, 11) is 1.83. The highest BCUT2D eigenvalue weighted by atomic mass is 16.7. The molecule has 4 heteroatoms. The molecule has 0 radical (unpaired) electrons. The highest BCUT2D eigenvalue weighted by Crippen LogP contribution is 2.31. The number of hydrogen-bond donors (Lipinski definition) is 1. The number of likely N-dealkylation sites (tertiary alicyclic amines) is 1. The van der Waals surface area contributed by atoms with Gasteiger partial charge in [0, 0.05) is 19.5 Å². The fourth-order valence-electron chi connectivity index (χ4n) is 1.81. The van der Waals surface area contributed by atoms with E-state index in [4.69, 9.17) is 4.84 Å². The molecule has 0 saturated carbocycles. The third-order valence-corrected chi connectivity index (χ3v) is 2.67. The first-order chi connectivity index (χ1) is 5.14. The van der Waals surface area contributed by atoms with Crippen molar-refractivity contribution < 1.29 is 9.63 Å². The lowest BCUT2D eigenvalue weighted by Crippen LogP contribution is -2.47. The first-order valence-electron chi connectivity index (χ1n) is 3.79. The van der Waals surface area contributed by atoms with Crippen molar-refractivity contribution in [3.05, 3.63) is 0 Å². The maximum absolute atomic E-state index is 11.5. The van der Waals surface area contributed by atoms with E-state index in [0.717, 1.165) is 6.54 Å². The van der Waals surface area contributed by atoms with Gasteiger partial charge >= 0.3 is 0 Å². The van der Waals surface area contributed by atoms with Crippen molar-refractivity contribution in [3.63, 3.8) is 0 Å². The minimum atomic E-state index is -0.450. The van der Waals surface area contributed by atoms with Crippen LogP contribution in [0.4, 0.5) is 0 Å². The van der Waals surface area contributed by atoms with Gasteiger partial charge in [-0.2, -0.15) is 5.48 Å². The quantitative estimate of drug-likeness (QED) is 0.507. The van der Waals surface area contributed by atoms with E-state index in [0.29, 0.717) is 12.5 Å². The monoisotopic (exact) mass is 156 g/mol. The number of nitrogens with zero attached hydrogens (tertiary/aromatic N) is 1. The lowest BCUT2D eigenvalue weighted by Gasteiger charge is -2.18. The molecular formula is C7H12N2O2. The summed E-state index contributed by atoms with van der Waals surface area (Å²) in [5.74, 6) is 0.458. The Bertz CT molecular complexity index is 207. The van der Waals surface area contributed by atoms with Crippen LogP contribution in [0.5, 0.6) is 0 Å². The summed E-state index contributed by atoms with van der Waals surface area (Å²) in [5.41, 5.74) is 2.33. The minimum Gasteiger partial charge on any atom is -0.344 e. The molecule has 0 bridgehead atoms. The molecule has 0 aromatic heterocycles.